The van der Waals surface area contributed by atoms with Gasteiger partial charge in [0.1, 0.15) is 5.01 Å². The van der Waals surface area contributed by atoms with Crippen LogP contribution in [0.15, 0.2) is 29.4 Å². The molecule has 0 atom stereocenters. The van der Waals surface area contributed by atoms with Crippen molar-refractivity contribution in [3.8, 4) is 0 Å². The van der Waals surface area contributed by atoms with Gasteiger partial charge >= 0.3 is 0 Å². The van der Waals surface area contributed by atoms with Gasteiger partial charge in [-0.15, -0.1) is 10.2 Å². The van der Waals surface area contributed by atoms with Crippen LogP contribution in [0, 0.1) is 0 Å². The van der Waals surface area contributed by atoms with E-state index < -0.39 is 0 Å². The fourth-order valence-electron chi connectivity index (χ4n) is 2.00. The van der Waals surface area contributed by atoms with Gasteiger partial charge in [-0.05, 0) is 24.1 Å². The molecule has 1 heterocycles. The van der Waals surface area contributed by atoms with Crippen molar-refractivity contribution in [2.75, 3.05) is 5.32 Å². The molecule has 2 rings (SSSR count). The van der Waals surface area contributed by atoms with Gasteiger partial charge in [0.25, 0.3) is 0 Å². The molecule has 0 aliphatic carbocycles. The number of carbonyl (C=O) groups is 2. The van der Waals surface area contributed by atoms with Crippen molar-refractivity contribution in [1.82, 2.24) is 15.6 Å². The number of nitrogens with zero attached hydrogens (tertiary/aromatic N) is 3. The molecule has 0 spiro atoms. The Kier molecular flexibility index (Phi) is 8.17. The lowest BCUT2D eigenvalue weighted by Crippen LogP contribution is -2.19. The molecule has 1 aromatic heterocycles. The number of amides is 2. The van der Waals surface area contributed by atoms with Crippen LogP contribution in [-0.2, 0) is 16.0 Å². The molecule has 26 heavy (non-hydrogen) atoms. The van der Waals surface area contributed by atoms with Gasteiger partial charge < -0.3 is 5.32 Å². The first-order valence-electron chi connectivity index (χ1n) is 8.26. The minimum absolute atomic E-state index is 0.0430. The second-order valence-corrected chi connectivity index (χ2v) is 7.03. The highest BCUT2D eigenvalue weighted by molar-refractivity contribution is 7.15. The number of hydrogen-bond donors (Lipinski definition) is 2. The van der Waals surface area contributed by atoms with Gasteiger partial charge in [-0.2, -0.15) is 5.10 Å². The maximum absolute atomic E-state index is 11.9. The van der Waals surface area contributed by atoms with Crippen LogP contribution in [0.3, 0.4) is 0 Å². The molecule has 1 aromatic carbocycles. The Bertz CT molecular complexity index is 761. The second-order valence-electron chi connectivity index (χ2n) is 5.53. The second kappa shape index (κ2) is 10.6. The Balaban J connectivity index is 1.76. The highest BCUT2D eigenvalue weighted by Crippen LogP contribution is 2.16. The Morgan fingerprint density at radius 1 is 1.19 bits per heavy atom. The number of hydrogen-bond acceptors (Lipinski definition) is 6. The zero-order valence-electron chi connectivity index (χ0n) is 14.4. The van der Waals surface area contributed by atoms with Gasteiger partial charge in [0, 0.05) is 11.4 Å². The molecular weight excluding hydrogens is 374 g/mol. The molecule has 2 amide bonds. The van der Waals surface area contributed by atoms with Crippen molar-refractivity contribution in [3.05, 3.63) is 39.9 Å². The van der Waals surface area contributed by atoms with Gasteiger partial charge in [-0.25, -0.2) is 5.43 Å². The van der Waals surface area contributed by atoms with E-state index in [1.54, 1.807) is 24.3 Å². The summed E-state index contributed by atoms with van der Waals surface area (Å²) in [7, 11) is 0. The molecule has 0 aliphatic rings. The van der Waals surface area contributed by atoms with Gasteiger partial charge in [0.15, 0.2) is 0 Å². The zero-order valence-corrected chi connectivity index (χ0v) is 15.9. The number of hydrazone groups is 1. The SMILES string of the molecule is CCCCCC(=O)Nc1nnc(CC(=O)N/N=C\c2ccc(Cl)cc2)s1. The summed E-state index contributed by atoms with van der Waals surface area (Å²) < 4.78 is 0. The van der Waals surface area contributed by atoms with Crippen molar-refractivity contribution in [2.45, 2.75) is 39.0 Å². The highest BCUT2D eigenvalue weighted by Gasteiger charge is 2.11. The first-order valence-corrected chi connectivity index (χ1v) is 9.46. The fourth-order valence-corrected chi connectivity index (χ4v) is 2.88. The van der Waals surface area contributed by atoms with Crippen molar-refractivity contribution in [3.63, 3.8) is 0 Å². The lowest BCUT2D eigenvalue weighted by molar-refractivity contribution is -0.120. The van der Waals surface area contributed by atoms with E-state index in [0.29, 0.717) is 21.6 Å². The Morgan fingerprint density at radius 3 is 2.69 bits per heavy atom. The van der Waals surface area contributed by atoms with Crippen molar-refractivity contribution >= 4 is 46.1 Å². The molecule has 9 heteroatoms. The van der Waals surface area contributed by atoms with E-state index in [-0.39, 0.29) is 18.2 Å². The third-order valence-corrected chi connectivity index (χ3v) is 4.40. The molecule has 0 unspecified atom stereocenters. The summed E-state index contributed by atoms with van der Waals surface area (Å²) >= 11 is 6.98. The molecule has 2 aromatic rings. The maximum Gasteiger partial charge on any atom is 0.247 e. The Labute approximate surface area is 160 Å². The molecule has 0 aliphatic heterocycles. The summed E-state index contributed by atoms with van der Waals surface area (Å²) in [6, 6.07) is 7.06. The van der Waals surface area contributed by atoms with Crippen LogP contribution in [-0.4, -0.2) is 28.2 Å². The summed E-state index contributed by atoms with van der Waals surface area (Å²) in [6.45, 7) is 2.08. The van der Waals surface area contributed by atoms with Crippen LogP contribution in [0.4, 0.5) is 5.13 Å². The minimum atomic E-state index is -0.313. The van der Waals surface area contributed by atoms with E-state index in [1.165, 1.54) is 17.6 Å². The van der Waals surface area contributed by atoms with Crippen molar-refractivity contribution < 1.29 is 9.59 Å². The van der Waals surface area contributed by atoms with Gasteiger partial charge in [-0.3, -0.25) is 9.59 Å². The summed E-state index contributed by atoms with van der Waals surface area (Å²) in [5.74, 6) is -0.398. The molecule has 7 nitrogen and oxygen atoms in total. The number of unbranched alkanes of at least 4 members (excludes halogenated alkanes) is 2. The predicted molar refractivity (Wildman–Crippen MR) is 104 cm³/mol. The van der Waals surface area contributed by atoms with E-state index in [9.17, 15) is 9.59 Å². The quantitative estimate of drug-likeness (QED) is 0.387. The van der Waals surface area contributed by atoms with Crippen LogP contribution in [0.5, 0.6) is 0 Å². The van der Waals surface area contributed by atoms with Gasteiger partial charge in [0.05, 0.1) is 12.6 Å². The number of aromatic nitrogens is 2. The Morgan fingerprint density at radius 2 is 1.96 bits per heavy atom. The molecule has 0 saturated carbocycles. The molecule has 0 radical (unpaired) electrons. The number of benzene rings is 1. The number of halogens is 1. The van der Waals surface area contributed by atoms with E-state index >= 15 is 0 Å². The van der Waals surface area contributed by atoms with E-state index in [2.05, 4.69) is 33.0 Å². The van der Waals surface area contributed by atoms with Gasteiger partial charge in [0.2, 0.25) is 16.9 Å². The molecule has 0 fully saturated rings. The average Bonchev–Trinajstić information content (AvgIpc) is 3.03. The summed E-state index contributed by atoms with van der Waals surface area (Å²) in [6.07, 6.45) is 4.96. The summed E-state index contributed by atoms with van der Waals surface area (Å²) in [5.41, 5.74) is 3.25. The third kappa shape index (κ3) is 7.28. The highest BCUT2D eigenvalue weighted by atomic mass is 35.5. The zero-order chi connectivity index (χ0) is 18.8. The van der Waals surface area contributed by atoms with Gasteiger partial charge in [-0.1, -0.05) is 54.8 Å². The Hall–Kier alpha value is -2.32. The smallest absolute Gasteiger partial charge is 0.247 e. The minimum Gasteiger partial charge on any atom is -0.301 e. The fraction of sp³-hybridized carbons (Fsp3) is 0.353. The lowest BCUT2D eigenvalue weighted by atomic mass is 10.2. The number of carbonyl (C=O) groups excluding carboxylic acids is 2. The maximum atomic E-state index is 11.9. The van der Waals surface area contributed by atoms with Crippen LogP contribution in [0.1, 0.15) is 43.2 Å². The predicted octanol–water partition coefficient (Wildman–Crippen LogP) is 3.40. The van der Waals surface area contributed by atoms with Crippen LogP contribution >= 0.6 is 22.9 Å². The van der Waals surface area contributed by atoms with E-state index in [1.807, 2.05) is 0 Å². The van der Waals surface area contributed by atoms with E-state index in [0.717, 1.165) is 24.8 Å². The lowest BCUT2D eigenvalue weighted by Gasteiger charge is -1.99. The number of nitrogens with one attached hydrogen (secondary N) is 2. The average molecular weight is 394 g/mol. The van der Waals surface area contributed by atoms with Crippen molar-refractivity contribution in [2.24, 2.45) is 5.10 Å². The monoisotopic (exact) mass is 393 g/mol. The molecule has 0 saturated heterocycles. The topological polar surface area (TPSA) is 96.3 Å². The molecule has 0 bridgehead atoms. The standard InChI is InChI=1S/C17H20ClN5O2S/c1-2-3-4-5-14(24)20-17-23-22-16(26-17)10-15(25)21-19-11-12-6-8-13(18)9-7-12/h6-9,11H,2-5,10H2,1H3,(H,21,25)(H,20,23,24)/b19-11-. The van der Waals surface area contributed by atoms with Crippen LogP contribution < -0.4 is 10.7 Å². The largest absolute Gasteiger partial charge is 0.301 e. The first kappa shape index (κ1) is 20.0. The molecular formula is C17H20ClN5O2S. The molecule has 2 N–H and O–H groups in total. The summed E-state index contributed by atoms with van der Waals surface area (Å²) in [4.78, 5) is 23.6. The van der Waals surface area contributed by atoms with Crippen molar-refractivity contribution in [1.29, 1.82) is 0 Å². The number of anilines is 1. The van der Waals surface area contributed by atoms with Crippen LogP contribution in [0.2, 0.25) is 5.02 Å². The molecule has 138 valence electrons. The van der Waals surface area contributed by atoms with Crippen LogP contribution in [0.25, 0.3) is 0 Å². The number of rotatable bonds is 9. The third-order valence-electron chi connectivity index (χ3n) is 3.31. The van der Waals surface area contributed by atoms with E-state index in [4.69, 9.17) is 11.6 Å². The first-order chi connectivity index (χ1) is 12.6. The normalized spacial score (nSPS) is 10.8. The summed E-state index contributed by atoms with van der Waals surface area (Å²) in [5, 5.41) is 15.9.